The summed E-state index contributed by atoms with van der Waals surface area (Å²) in [5.41, 5.74) is 2.67. The lowest BCUT2D eigenvalue weighted by molar-refractivity contribution is -0.123. The number of anilines is 1. The van der Waals surface area contributed by atoms with Gasteiger partial charge in [0.25, 0.3) is 5.91 Å². The summed E-state index contributed by atoms with van der Waals surface area (Å²) >= 11 is 0. The number of hydrogen-bond acceptors (Lipinski definition) is 4. The first kappa shape index (κ1) is 17.3. The summed E-state index contributed by atoms with van der Waals surface area (Å²) < 4.78 is 4.91. The number of nitrogens with one attached hydrogen (secondary N) is 3. The van der Waals surface area contributed by atoms with Gasteiger partial charge in [-0.3, -0.25) is 14.4 Å². The van der Waals surface area contributed by atoms with E-state index in [9.17, 15) is 14.4 Å². The van der Waals surface area contributed by atoms with E-state index in [4.69, 9.17) is 4.42 Å². The van der Waals surface area contributed by atoms with Gasteiger partial charge in [0.1, 0.15) is 0 Å². The molecule has 7 nitrogen and oxygen atoms in total. The third-order valence-corrected chi connectivity index (χ3v) is 3.27. The number of carbonyl (C=O) groups excluding carboxylic acids is 3. The van der Waals surface area contributed by atoms with Crippen molar-refractivity contribution in [3.63, 3.8) is 0 Å². The van der Waals surface area contributed by atoms with E-state index in [1.165, 1.54) is 12.3 Å². The van der Waals surface area contributed by atoms with E-state index < -0.39 is 11.8 Å². The van der Waals surface area contributed by atoms with Gasteiger partial charge in [-0.15, -0.1) is 0 Å². The molecule has 0 saturated heterocycles. The van der Waals surface area contributed by atoms with Crippen LogP contribution in [0.25, 0.3) is 0 Å². The molecule has 0 fully saturated rings. The quantitative estimate of drug-likeness (QED) is 0.745. The number of rotatable bonds is 6. The fourth-order valence-electron chi connectivity index (χ4n) is 1.96. The van der Waals surface area contributed by atoms with E-state index in [-0.39, 0.29) is 24.8 Å². The molecule has 0 atom stereocenters. The third kappa shape index (κ3) is 4.98. The second-order valence-electron chi connectivity index (χ2n) is 5.30. The summed E-state index contributed by atoms with van der Waals surface area (Å²) in [4.78, 5) is 35.1. The molecule has 0 bridgehead atoms. The Bertz CT molecular complexity index is 738. The van der Waals surface area contributed by atoms with Gasteiger partial charge in [-0.05, 0) is 43.2 Å². The highest BCUT2D eigenvalue weighted by molar-refractivity contribution is 5.97. The molecular weight excluding hydrogens is 310 g/mol. The largest absolute Gasteiger partial charge is 0.459 e. The van der Waals surface area contributed by atoms with Gasteiger partial charge in [-0.1, -0.05) is 12.1 Å². The number of carbonyl (C=O) groups is 3. The Morgan fingerprint density at radius 1 is 1.00 bits per heavy atom. The number of furan rings is 1. The second kappa shape index (κ2) is 7.96. The predicted octanol–water partition coefficient (Wildman–Crippen LogP) is 1.38. The Hall–Kier alpha value is -3.09. The van der Waals surface area contributed by atoms with E-state index in [1.54, 1.807) is 6.07 Å². The Labute approximate surface area is 139 Å². The van der Waals surface area contributed by atoms with Crippen LogP contribution in [0.3, 0.4) is 0 Å². The molecule has 1 aromatic carbocycles. The lowest BCUT2D eigenvalue weighted by atomic mass is 10.1. The molecule has 0 aliphatic heterocycles. The minimum absolute atomic E-state index is 0.121. The molecule has 1 aromatic heterocycles. The van der Waals surface area contributed by atoms with Crippen molar-refractivity contribution in [3.8, 4) is 0 Å². The number of amides is 3. The molecule has 1 heterocycles. The van der Waals surface area contributed by atoms with Gasteiger partial charge in [0.15, 0.2) is 5.76 Å². The summed E-state index contributed by atoms with van der Waals surface area (Å²) in [6.07, 6.45) is 1.37. The highest BCUT2D eigenvalue weighted by Gasteiger charge is 2.11. The molecule has 0 radical (unpaired) electrons. The van der Waals surface area contributed by atoms with Crippen molar-refractivity contribution in [1.29, 1.82) is 0 Å². The van der Waals surface area contributed by atoms with Gasteiger partial charge < -0.3 is 20.4 Å². The minimum atomic E-state index is -0.491. The second-order valence-corrected chi connectivity index (χ2v) is 5.30. The lowest BCUT2D eigenvalue weighted by Gasteiger charge is -2.10. The number of benzene rings is 1. The van der Waals surface area contributed by atoms with Gasteiger partial charge in [-0.2, -0.15) is 0 Å². The molecule has 126 valence electrons. The Kier molecular flexibility index (Phi) is 5.73. The molecule has 0 aliphatic rings. The maximum atomic E-state index is 11.9. The van der Waals surface area contributed by atoms with Gasteiger partial charge in [0.2, 0.25) is 11.8 Å². The Morgan fingerprint density at radius 2 is 1.75 bits per heavy atom. The standard InChI is InChI=1S/C17H19N3O4/c1-11-5-6-12(2)13(8-11)20-16(22)10-18-15(21)9-19-17(23)14-4-3-7-24-14/h3-8H,9-10H2,1-2H3,(H,18,21)(H,19,23)(H,20,22). The first-order valence-electron chi connectivity index (χ1n) is 7.41. The van der Waals surface area contributed by atoms with Crippen LogP contribution in [0.4, 0.5) is 5.69 Å². The van der Waals surface area contributed by atoms with Crippen molar-refractivity contribution >= 4 is 23.4 Å². The monoisotopic (exact) mass is 329 g/mol. The molecule has 7 heteroatoms. The zero-order valence-electron chi connectivity index (χ0n) is 13.5. The van der Waals surface area contributed by atoms with Crippen LogP contribution < -0.4 is 16.0 Å². The van der Waals surface area contributed by atoms with Crippen molar-refractivity contribution in [2.45, 2.75) is 13.8 Å². The van der Waals surface area contributed by atoms with Crippen molar-refractivity contribution in [2.24, 2.45) is 0 Å². The van der Waals surface area contributed by atoms with Gasteiger partial charge in [0.05, 0.1) is 19.4 Å². The molecule has 0 saturated carbocycles. The minimum Gasteiger partial charge on any atom is -0.459 e. The zero-order chi connectivity index (χ0) is 17.5. The van der Waals surface area contributed by atoms with Crippen molar-refractivity contribution in [3.05, 3.63) is 53.5 Å². The van der Waals surface area contributed by atoms with Crippen LogP contribution in [0.5, 0.6) is 0 Å². The average molecular weight is 329 g/mol. The molecule has 0 spiro atoms. The number of hydrogen-bond donors (Lipinski definition) is 3. The molecule has 3 N–H and O–H groups in total. The van der Waals surface area contributed by atoms with E-state index in [0.29, 0.717) is 5.69 Å². The van der Waals surface area contributed by atoms with Crippen LogP contribution in [0.1, 0.15) is 21.7 Å². The van der Waals surface area contributed by atoms with E-state index in [2.05, 4.69) is 16.0 Å². The first-order valence-corrected chi connectivity index (χ1v) is 7.41. The molecule has 24 heavy (non-hydrogen) atoms. The number of aryl methyl sites for hydroxylation is 2. The molecular formula is C17H19N3O4. The SMILES string of the molecule is Cc1ccc(C)c(NC(=O)CNC(=O)CNC(=O)c2ccco2)c1. The fraction of sp³-hybridized carbons (Fsp3) is 0.235. The predicted molar refractivity (Wildman–Crippen MR) is 88.6 cm³/mol. The van der Waals surface area contributed by atoms with Crippen LogP contribution >= 0.6 is 0 Å². The maximum Gasteiger partial charge on any atom is 0.287 e. The lowest BCUT2D eigenvalue weighted by Crippen LogP contribution is -2.40. The van der Waals surface area contributed by atoms with Crippen molar-refractivity contribution < 1.29 is 18.8 Å². The van der Waals surface area contributed by atoms with E-state index in [0.717, 1.165) is 11.1 Å². The Balaban J connectivity index is 1.74. The van der Waals surface area contributed by atoms with E-state index >= 15 is 0 Å². The van der Waals surface area contributed by atoms with Crippen LogP contribution in [0.2, 0.25) is 0 Å². The average Bonchev–Trinajstić information content (AvgIpc) is 3.08. The topological polar surface area (TPSA) is 100 Å². The van der Waals surface area contributed by atoms with Crippen LogP contribution in [0.15, 0.2) is 41.0 Å². The summed E-state index contributed by atoms with van der Waals surface area (Å²) in [7, 11) is 0. The first-order chi connectivity index (χ1) is 11.5. The van der Waals surface area contributed by atoms with Crippen molar-refractivity contribution in [1.82, 2.24) is 10.6 Å². The maximum absolute atomic E-state index is 11.9. The van der Waals surface area contributed by atoms with Crippen LogP contribution in [0, 0.1) is 13.8 Å². The Morgan fingerprint density at radius 3 is 2.46 bits per heavy atom. The van der Waals surface area contributed by atoms with Crippen molar-refractivity contribution in [2.75, 3.05) is 18.4 Å². The highest BCUT2D eigenvalue weighted by Crippen LogP contribution is 2.15. The molecule has 3 amide bonds. The fourth-order valence-corrected chi connectivity index (χ4v) is 1.96. The normalized spacial score (nSPS) is 10.1. The van der Waals surface area contributed by atoms with Crippen LogP contribution in [-0.2, 0) is 9.59 Å². The van der Waals surface area contributed by atoms with E-state index in [1.807, 2.05) is 32.0 Å². The van der Waals surface area contributed by atoms with Crippen LogP contribution in [-0.4, -0.2) is 30.8 Å². The molecule has 0 unspecified atom stereocenters. The van der Waals surface area contributed by atoms with Gasteiger partial charge >= 0.3 is 0 Å². The van der Waals surface area contributed by atoms with Gasteiger partial charge in [-0.25, -0.2) is 0 Å². The third-order valence-electron chi connectivity index (χ3n) is 3.27. The summed E-state index contributed by atoms with van der Waals surface area (Å²) in [5, 5.41) is 7.58. The summed E-state index contributed by atoms with van der Waals surface area (Å²) in [6.45, 7) is 3.40. The van der Waals surface area contributed by atoms with Gasteiger partial charge in [0, 0.05) is 5.69 Å². The summed E-state index contributed by atoms with van der Waals surface area (Å²) in [5.74, 6) is -1.18. The highest BCUT2D eigenvalue weighted by atomic mass is 16.3. The molecule has 0 aliphatic carbocycles. The smallest absolute Gasteiger partial charge is 0.287 e. The summed E-state index contributed by atoms with van der Waals surface area (Å²) in [6, 6.07) is 8.79. The molecule has 2 rings (SSSR count). The zero-order valence-corrected chi connectivity index (χ0v) is 13.5. The molecule has 2 aromatic rings.